The Bertz CT molecular complexity index is 1710. The fourth-order valence-corrected chi connectivity index (χ4v) is 6.74. The van der Waals surface area contributed by atoms with Gasteiger partial charge in [-0.1, -0.05) is 156 Å². The van der Waals surface area contributed by atoms with Crippen LogP contribution in [0.2, 0.25) is 0 Å². The first-order valence-corrected chi connectivity index (χ1v) is 17.2. The van der Waals surface area contributed by atoms with Gasteiger partial charge >= 0.3 is 7.60 Å². The highest BCUT2D eigenvalue weighted by Crippen LogP contribution is 2.50. The van der Waals surface area contributed by atoms with Gasteiger partial charge in [-0.25, -0.2) is 0 Å². The van der Waals surface area contributed by atoms with E-state index in [1.807, 2.05) is 24.3 Å². The van der Waals surface area contributed by atoms with Crippen LogP contribution in [0.5, 0.6) is 0 Å². The Morgan fingerprint density at radius 3 is 1.27 bits per heavy atom. The molecule has 4 aromatic rings. The van der Waals surface area contributed by atoms with E-state index in [0.29, 0.717) is 5.56 Å². The third-order valence-corrected chi connectivity index (χ3v) is 9.51. The molecule has 0 fully saturated rings. The van der Waals surface area contributed by atoms with Crippen LogP contribution in [-0.2, 0) is 26.2 Å². The lowest BCUT2D eigenvalue weighted by Crippen LogP contribution is -2.21. The molecule has 0 atom stereocenters. The second kappa shape index (κ2) is 11.4. The summed E-state index contributed by atoms with van der Waals surface area (Å²) in [7, 11) is -4.69. The maximum absolute atomic E-state index is 13.4. The smallest absolute Gasteiger partial charge is 0.321 e. The third kappa shape index (κ3) is 6.96. The molecule has 0 saturated carbocycles. The molecule has 4 heteroatoms. The van der Waals surface area contributed by atoms with Crippen molar-refractivity contribution >= 4 is 12.9 Å². The number of rotatable bonds is 4. The van der Waals surface area contributed by atoms with Crippen LogP contribution >= 0.6 is 7.60 Å². The summed E-state index contributed by atoms with van der Waals surface area (Å²) < 4.78 is 13.4. The van der Waals surface area contributed by atoms with E-state index in [2.05, 4.69) is 132 Å². The van der Waals surface area contributed by atoms with Gasteiger partial charge in [0.15, 0.2) is 0 Å². The lowest BCUT2D eigenvalue weighted by Gasteiger charge is -2.32. The predicted molar refractivity (Wildman–Crippen MR) is 189 cm³/mol. The molecule has 0 amide bonds. The minimum absolute atomic E-state index is 0.0560. The van der Waals surface area contributed by atoms with Gasteiger partial charge in [-0.3, -0.25) is 4.57 Å². The van der Waals surface area contributed by atoms with E-state index < -0.39 is 7.60 Å². The molecule has 0 radical (unpaired) electrons. The quantitative estimate of drug-likeness (QED) is 0.226. The minimum atomic E-state index is -4.69. The zero-order valence-electron chi connectivity index (χ0n) is 28.8. The summed E-state index contributed by atoms with van der Waals surface area (Å²) in [6.07, 6.45) is 0. The van der Waals surface area contributed by atoms with Crippen LogP contribution in [0.1, 0.15) is 105 Å². The summed E-state index contributed by atoms with van der Waals surface area (Å²) >= 11 is 0. The van der Waals surface area contributed by atoms with Crippen molar-refractivity contribution in [2.75, 3.05) is 0 Å². The largest absolute Gasteiger partial charge is 0.356 e. The first-order valence-electron chi connectivity index (χ1n) is 15.6. The molecule has 0 saturated heterocycles. The monoisotopic (exact) mass is 610 g/mol. The van der Waals surface area contributed by atoms with E-state index in [1.165, 1.54) is 11.1 Å². The van der Waals surface area contributed by atoms with Crippen molar-refractivity contribution < 1.29 is 14.4 Å². The normalized spacial score (nSPS) is 13.3. The molecule has 0 heterocycles. The minimum Gasteiger partial charge on any atom is -0.321 e. The van der Waals surface area contributed by atoms with Crippen LogP contribution in [0.3, 0.4) is 0 Å². The van der Waals surface area contributed by atoms with Crippen LogP contribution in [0.15, 0.2) is 78.9 Å². The average Bonchev–Trinajstić information content (AvgIpc) is 2.89. The van der Waals surface area contributed by atoms with Gasteiger partial charge in [-0.05, 0) is 77.8 Å². The maximum Gasteiger partial charge on any atom is 0.356 e. The lowest BCUT2D eigenvalue weighted by molar-refractivity contribution is 0.387. The predicted octanol–water partition coefficient (Wildman–Crippen LogP) is 10.7. The second-order valence-electron chi connectivity index (χ2n) is 16.3. The Hall–Kier alpha value is -2.97. The molecule has 234 valence electrons. The highest BCUT2D eigenvalue weighted by Gasteiger charge is 2.33. The molecule has 0 spiro atoms. The van der Waals surface area contributed by atoms with Gasteiger partial charge in [0.2, 0.25) is 0 Å². The summed E-state index contributed by atoms with van der Waals surface area (Å²) in [4.78, 5) is 21.9. The van der Waals surface area contributed by atoms with Crippen LogP contribution in [0.25, 0.3) is 33.4 Å². The summed E-state index contributed by atoms with van der Waals surface area (Å²) in [5.74, 6) is 0. The second-order valence-corrected chi connectivity index (χ2v) is 17.9. The number of hydrogen-bond acceptors (Lipinski definition) is 1. The van der Waals surface area contributed by atoms with Gasteiger partial charge < -0.3 is 9.79 Å². The SMILES string of the molecule is CC(C)(C)c1ccc(-c2c(-c3ccccc3)ccc(P(=O)(O)O)c2-c2ccc(C(C)(C)C)cc2C(C)(C)C)c(C(C)(C)C)c1. The third-order valence-electron chi connectivity index (χ3n) is 8.51. The molecular formula is C40H51O3P. The molecular weight excluding hydrogens is 559 g/mol. The van der Waals surface area contributed by atoms with E-state index in [4.69, 9.17) is 0 Å². The Kier molecular flexibility index (Phi) is 8.81. The molecule has 4 rings (SSSR count). The van der Waals surface area contributed by atoms with Gasteiger partial charge in [0.25, 0.3) is 0 Å². The molecule has 4 aromatic carbocycles. The molecule has 0 aliphatic heterocycles. The Balaban J connectivity index is 2.32. The Morgan fingerprint density at radius 1 is 0.477 bits per heavy atom. The number of hydrogen-bond donors (Lipinski definition) is 2. The molecule has 0 unspecified atom stereocenters. The van der Waals surface area contributed by atoms with E-state index in [9.17, 15) is 14.4 Å². The van der Waals surface area contributed by atoms with E-state index >= 15 is 0 Å². The van der Waals surface area contributed by atoms with E-state index in [-0.39, 0.29) is 27.0 Å². The summed E-state index contributed by atoms with van der Waals surface area (Å²) in [6.45, 7) is 26.4. The van der Waals surface area contributed by atoms with Crippen molar-refractivity contribution in [3.05, 3.63) is 101 Å². The van der Waals surface area contributed by atoms with Crippen LogP contribution in [0.4, 0.5) is 0 Å². The lowest BCUT2D eigenvalue weighted by atomic mass is 9.73. The highest BCUT2D eigenvalue weighted by atomic mass is 31.2. The van der Waals surface area contributed by atoms with Gasteiger partial charge in [0.05, 0.1) is 5.30 Å². The molecule has 0 aromatic heterocycles. The summed E-state index contributed by atoms with van der Waals surface area (Å²) in [6, 6.07) is 26.8. The van der Waals surface area contributed by atoms with Gasteiger partial charge in [0.1, 0.15) is 0 Å². The van der Waals surface area contributed by atoms with Crippen molar-refractivity contribution in [1.82, 2.24) is 0 Å². The van der Waals surface area contributed by atoms with Crippen molar-refractivity contribution in [3.63, 3.8) is 0 Å². The molecule has 3 nitrogen and oxygen atoms in total. The first-order chi connectivity index (χ1) is 20.0. The molecule has 0 aliphatic carbocycles. The van der Waals surface area contributed by atoms with Crippen molar-refractivity contribution in [2.45, 2.75) is 105 Å². The van der Waals surface area contributed by atoms with Crippen molar-refractivity contribution in [1.29, 1.82) is 0 Å². The molecule has 0 bridgehead atoms. The van der Waals surface area contributed by atoms with Gasteiger partial charge in [-0.15, -0.1) is 0 Å². The first kappa shape index (κ1) is 33.9. The van der Waals surface area contributed by atoms with Crippen LogP contribution in [0, 0.1) is 0 Å². The van der Waals surface area contributed by atoms with E-state index in [0.717, 1.165) is 38.9 Å². The Morgan fingerprint density at radius 2 is 0.886 bits per heavy atom. The van der Waals surface area contributed by atoms with Crippen molar-refractivity contribution in [2.24, 2.45) is 0 Å². The zero-order valence-corrected chi connectivity index (χ0v) is 29.6. The van der Waals surface area contributed by atoms with Crippen LogP contribution < -0.4 is 5.30 Å². The fourth-order valence-electron chi connectivity index (χ4n) is 5.94. The summed E-state index contributed by atoms with van der Waals surface area (Å²) in [5, 5.41) is 0.0564. The molecule has 2 N–H and O–H groups in total. The van der Waals surface area contributed by atoms with Gasteiger partial charge in [0, 0.05) is 5.56 Å². The molecule has 0 aliphatic rings. The molecule has 44 heavy (non-hydrogen) atoms. The highest BCUT2D eigenvalue weighted by molar-refractivity contribution is 7.60. The maximum atomic E-state index is 13.4. The summed E-state index contributed by atoms with van der Waals surface area (Å²) in [5.41, 5.74) is 9.25. The number of benzene rings is 4. The van der Waals surface area contributed by atoms with Gasteiger partial charge in [-0.2, -0.15) is 0 Å². The fraction of sp³-hybridized carbons (Fsp3) is 0.400. The average molecular weight is 611 g/mol. The van der Waals surface area contributed by atoms with Crippen molar-refractivity contribution in [3.8, 4) is 33.4 Å². The standard InChI is InChI=1S/C40H51O3P/c1-37(2,3)27-18-20-30(32(24-27)39(7,8)9)35-29(26-16-14-13-15-17-26)22-23-34(44(41,42)43)36(35)31-21-19-28(38(4,5)6)25-33(31)40(10,11)12/h13-25H,1-12H3,(H2,41,42,43). The van der Waals surface area contributed by atoms with Crippen LogP contribution in [-0.4, -0.2) is 9.79 Å². The Labute approximate surface area is 265 Å². The zero-order chi connectivity index (χ0) is 33.0. The topological polar surface area (TPSA) is 57.5 Å². The van der Waals surface area contributed by atoms with E-state index in [1.54, 1.807) is 6.07 Å².